The zero-order chi connectivity index (χ0) is 20.8. The highest BCUT2D eigenvalue weighted by Crippen LogP contribution is 2.31. The molecule has 1 atom stereocenters. The van der Waals surface area contributed by atoms with Crippen molar-refractivity contribution in [1.29, 1.82) is 0 Å². The van der Waals surface area contributed by atoms with Crippen molar-refractivity contribution >= 4 is 11.7 Å². The van der Waals surface area contributed by atoms with E-state index in [2.05, 4.69) is 20.1 Å². The zero-order valence-electron chi connectivity index (χ0n) is 15.6. The molecule has 152 valence electrons. The molecule has 29 heavy (non-hydrogen) atoms. The minimum atomic E-state index is -4.47. The standard InChI is InChI=1S/C18H17F3N6O2/c1-10-7-11(2)27-17(23-10)24-15(25-27)16(28)26-6-4-13(9-26)29-14-8-12(3-5-22-14)18(19,20)21/h3,5,7-8,13H,4,6,9H2,1-2H3/t13-/m0/s1. The van der Waals surface area contributed by atoms with Crippen molar-refractivity contribution in [2.24, 2.45) is 0 Å². The van der Waals surface area contributed by atoms with Crippen LogP contribution in [-0.4, -0.2) is 54.6 Å². The van der Waals surface area contributed by atoms with Gasteiger partial charge in [-0.05, 0) is 26.0 Å². The molecule has 0 radical (unpaired) electrons. The molecule has 0 N–H and O–H groups in total. The molecule has 3 aromatic rings. The van der Waals surface area contributed by atoms with Gasteiger partial charge in [-0.3, -0.25) is 4.79 Å². The fraction of sp³-hybridized carbons (Fsp3) is 0.389. The van der Waals surface area contributed by atoms with E-state index >= 15 is 0 Å². The van der Waals surface area contributed by atoms with Crippen LogP contribution in [-0.2, 0) is 6.18 Å². The minimum Gasteiger partial charge on any atom is -0.472 e. The van der Waals surface area contributed by atoms with E-state index in [0.717, 1.165) is 29.7 Å². The largest absolute Gasteiger partial charge is 0.472 e. The van der Waals surface area contributed by atoms with Gasteiger partial charge in [0.25, 0.3) is 11.7 Å². The number of halogens is 3. The Morgan fingerprint density at radius 2 is 2.03 bits per heavy atom. The van der Waals surface area contributed by atoms with Gasteiger partial charge in [0.2, 0.25) is 11.7 Å². The van der Waals surface area contributed by atoms with Crippen LogP contribution in [0.5, 0.6) is 5.88 Å². The number of nitrogens with zero attached hydrogens (tertiary/aromatic N) is 6. The molecule has 8 nitrogen and oxygen atoms in total. The molecule has 0 saturated carbocycles. The number of hydrogen-bond acceptors (Lipinski definition) is 6. The van der Waals surface area contributed by atoms with Crippen LogP contribution in [0, 0.1) is 13.8 Å². The molecule has 1 aliphatic heterocycles. The number of pyridine rings is 1. The van der Waals surface area contributed by atoms with Gasteiger partial charge in [-0.15, -0.1) is 5.10 Å². The second kappa shape index (κ2) is 6.98. The Bertz CT molecular complexity index is 1080. The zero-order valence-corrected chi connectivity index (χ0v) is 15.6. The number of likely N-dealkylation sites (tertiary alicyclic amines) is 1. The highest BCUT2D eigenvalue weighted by molar-refractivity contribution is 5.91. The molecule has 4 rings (SSSR count). The van der Waals surface area contributed by atoms with Crippen molar-refractivity contribution in [2.45, 2.75) is 32.5 Å². The van der Waals surface area contributed by atoms with Gasteiger partial charge in [0.15, 0.2) is 0 Å². The summed E-state index contributed by atoms with van der Waals surface area (Å²) in [5, 5.41) is 4.22. The van der Waals surface area contributed by atoms with E-state index in [-0.39, 0.29) is 24.2 Å². The number of aromatic nitrogens is 5. The Morgan fingerprint density at radius 1 is 1.24 bits per heavy atom. The molecule has 11 heteroatoms. The lowest BCUT2D eigenvalue weighted by molar-refractivity contribution is -0.137. The molecule has 0 spiro atoms. The van der Waals surface area contributed by atoms with Gasteiger partial charge in [0.1, 0.15) is 6.10 Å². The lowest BCUT2D eigenvalue weighted by atomic mass is 10.2. The fourth-order valence-electron chi connectivity index (χ4n) is 3.23. The number of alkyl halides is 3. The smallest absolute Gasteiger partial charge is 0.416 e. The summed E-state index contributed by atoms with van der Waals surface area (Å²) in [6, 6.07) is 3.56. The minimum absolute atomic E-state index is 0.0176. The highest BCUT2D eigenvalue weighted by Gasteiger charge is 2.33. The summed E-state index contributed by atoms with van der Waals surface area (Å²) in [6.45, 7) is 4.25. The Balaban J connectivity index is 1.46. The van der Waals surface area contributed by atoms with Crippen molar-refractivity contribution in [3.8, 4) is 5.88 Å². The summed E-state index contributed by atoms with van der Waals surface area (Å²) in [7, 11) is 0. The quantitative estimate of drug-likeness (QED) is 0.664. The number of carbonyl (C=O) groups is 1. The van der Waals surface area contributed by atoms with Gasteiger partial charge in [-0.1, -0.05) is 0 Å². The Morgan fingerprint density at radius 3 is 2.79 bits per heavy atom. The van der Waals surface area contributed by atoms with E-state index in [1.165, 1.54) is 9.42 Å². The van der Waals surface area contributed by atoms with Gasteiger partial charge in [-0.25, -0.2) is 14.5 Å². The summed E-state index contributed by atoms with van der Waals surface area (Å²) in [4.78, 5) is 26.5. The average molecular weight is 406 g/mol. The molecule has 0 unspecified atom stereocenters. The van der Waals surface area contributed by atoms with Crippen LogP contribution in [0.2, 0.25) is 0 Å². The number of rotatable bonds is 3. The number of carbonyl (C=O) groups excluding carboxylic acids is 1. The third-order valence-corrected chi connectivity index (χ3v) is 4.59. The van der Waals surface area contributed by atoms with Crippen LogP contribution in [0.25, 0.3) is 5.78 Å². The normalized spacial score (nSPS) is 17.1. The maximum atomic E-state index is 12.8. The lowest BCUT2D eigenvalue weighted by Crippen LogP contribution is -2.31. The number of amides is 1. The van der Waals surface area contributed by atoms with E-state index < -0.39 is 17.8 Å². The van der Waals surface area contributed by atoms with Gasteiger partial charge < -0.3 is 9.64 Å². The fourth-order valence-corrected chi connectivity index (χ4v) is 3.23. The van der Waals surface area contributed by atoms with Gasteiger partial charge in [-0.2, -0.15) is 18.2 Å². The first-order valence-corrected chi connectivity index (χ1v) is 8.91. The highest BCUT2D eigenvalue weighted by atomic mass is 19.4. The van der Waals surface area contributed by atoms with Crippen molar-refractivity contribution < 1.29 is 22.7 Å². The van der Waals surface area contributed by atoms with Gasteiger partial charge in [0.05, 0.1) is 12.1 Å². The summed E-state index contributed by atoms with van der Waals surface area (Å²) in [6.07, 6.45) is -3.42. The van der Waals surface area contributed by atoms with Crippen LogP contribution in [0.15, 0.2) is 24.4 Å². The van der Waals surface area contributed by atoms with Gasteiger partial charge in [0, 0.05) is 36.6 Å². The van der Waals surface area contributed by atoms with Crippen LogP contribution < -0.4 is 4.74 Å². The Labute approximate surface area is 163 Å². The van der Waals surface area contributed by atoms with Crippen molar-refractivity contribution in [1.82, 2.24) is 29.5 Å². The molecule has 3 aromatic heterocycles. The molecule has 0 aromatic carbocycles. The Kier molecular flexibility index (Phi) is 4.59. The van der Waals surface area contributed by atoms with Crippen LogP contribution in [0.1, 0.15) is 34.0 Å². The predicted molar refractivity (Wildman–Crippen MR) is 94.4 cm³/mol. The molecule has 0 aliphatic carbocycles. The molecule has 1 saturated heterocycles. The molecule has 4 heterocycles. The van der Waals surface area contributed by atoms with E-state index in [1.54, 1.807) is 0 Å². The molecule has 0 bridgehead atoms. The number of ether oxygens (including phenoxy) is 1. The third kappa shape index (κ3) is 3.84. The summed E-state index contributed by atoms with van der Waals surface area (Å²) in [5.41, 5.74) is 0.738. The first kappa shape index (κ1) is 19.1. The first-order chi connectivity index (χ1) is 13.7. The van der Waals surface area contributed by atoms with Crippen molar-refractivity contribution in [3.63, 3.8) is 0 Å². The predicted octanol–water partition coefficient (Wildman–Crippen LogP) is 2.45. The topological polar surface area (TPSA) is 85.5 Å². The molecule has 1 amide bonds. The van der Waals surface area contributed by atoms with Crippen molar-refractivity contribution in [3.05, 3.63) is 47.2 Å². The van der Waals surface area contributed by atoms with E-state index in [1.807, 2.05) is 19.9 Å². The maximum absolute atomic E-state index is 12.8. The SMILES string of the molecule is Cc1cc(C)n2nc(C(=O)N3CC[C@H](Oc4cc(C(F)(F)F)ccn4)C3)nc2n1. The summed E-state index contributed by atoms with van der Waals surface area (Å²) < 4.78 is 45.5. The third-order valence-electron chi connectivity index (χ3n) is 4.59. The monoisotopic (exact) mass is 406 g/mol. The average Bonchev–Trinajstić information content (AvgIpc) is 3.28. The summed E-state index contributed by atoms with van der Waals surface area (Å²) >= 11 is 0. The second-order valence-electron chi connectivity index (χ2n) is 6.85. The second-order valence-corrected chi connectivity index (χ2v) is 6.85. The molecular formula is C18H17F3N6O2. The Hall–Kier alpha value is -3.24. The molecular weight excluding hydrogens is 389 g/mol. The summed E-state index contributed by atoms with van der Waals surface area (Å²) in [5.74, 6) is -0.147. The first-order valence-electron chi connectivity index (χ1n) is 8.91. The van der Waals surface area contributed by atoms with Crippen LogP contribution in [0.3, 0.4) is 0 Å². The molecule has 1 aliphatic rings. The number of hydrogen-bond donors (Lipinski definition) is 0. The number of fused-ring (bicyclic) bond motifs is 1. The van der Waals surface area contributed by atoms with Crippen LogP contribution in [0.4, 0.5) is 13.2 Å². The number of aryl methyl sites for hydroxylation is 2. The maximum Gasteiger partial charge on any atom is 0.416 e. The van der Waals surface area contributed by atoms with Crippen LogP contribution >= 0.6 is 0 Å². The van der Waals surface area contributed by atoms with E-state index in [9.17, 15) is 18.0 Å². The lowest BCUT2D eigenvalue weighted by Gasteiger charge is -2.16. The van der Waals surface area contributed by atoms with Gasteiger partial charge >= 0.3 is 6.18 Å². The molecule has 1 fully saturated rings. The van der Waals surface area contributed by atoms with Crippen molar-refractivity contribution in [2.75, 3.05) is 13.1 Å². The van der Waals surface area contributed by atoms with E-state index in [4.69, 9.17) is 4.74 Å². The van der Waals surface area contributed by atoms with E-state index in [0.29, 0.717) is 18.7 Å².